The highest BCUT2D eigenvalue weighted by molar-refractivity contribution is 6.31. The van der Waals surface area contributed by atoms with E-state index >= 15 is 0 Å². The second-order valence-corrected chi connectivity index (χ2v) is 7.19. The monoisotopic (exact) mass is 378 g/mol. The molecule has 1 N–H and O–H groups in total. The Bertz CT molecular complexity index is 1020. The number of amides is 1. The van der Waals surface area contributed by atoms with Crippen LogP contribution in [-0.2, 0) is 11.3 Å². The minimum Gasteiger partial charge on any atom is -0.341 e. The summed E-state index contributed by atoms with van der Waals surface area (Å²) in [7, 11) is 0. The summed E-state index contributed by atoms with van der Waals surface area (Å²) in [6, 6.07) is 18.4. The topological polar surface area (TPSA) is 51.1 Å². The number of benzene rings is 2. The maximum absolute atomic E-state index is 12.8. The van der Waals surface area contributed by atoms with Crippen molar-refractivity contribution in [1.82, 2.24) is 4.57 Å². The molecule has 0 fully saturated rings. The van der Waals surface area contributed by atoms with Gasteiger partial charge in [0.1, 0.15) is 0 Å². The zero-order chi connectivity index (χ0) is 19.0. The maximum atomic E-state index is 12.8. The molecule has 27 heavy (non-hydrogen) atoms. The van der Waals surface area contributed by atoms with Crippen molar-refractivity contribution in [3.05, 3.63) is 88.2 Å². The number of carbonyl (C=O) groups excluding carboxylic acids is 2. The number of aromatic nitrogens is 1. The first-order valence-electron chi connectivity index (χ1n) is 8.91. The fourth-order valence-electron chi connectivity index (χ4n) is 3.54. The van der Waals surface area contributed by atoms with Gasteiger partial charge in [-0.2, -0.15) is 0 Å². The number of nitrogens with one attached hydrogen (secondary N) is 1. The Kier molecular flexibility index (Phi) is 4.58. The molecule has 2 heterocycles. The van der Waals surface area contributed by atoms with Gasteiger partial charge >= 0.3 is 0 Å². The van der Waals surface area contributed by atoms with Crippen LogP contribution >= 0.6 is 11.6 Å². The van der Waals surface area contributed by atoms with Crippen LogP contribution in [0.25, 0.3) is 0 Å². The molecule has 1 atom stereocenters. The largest absolute Gasteiger partial charge is 0.341 e. The molecule has 1 unspecified atom stereocenters. The Morgan fingerprint density at radius 2 is 1.85 bits per heavy atom. The molecule has 0 saturated carbocycles. The van der Waals surface area contributed by atoms with Gasteiger partial charge in [0.15, 0.2) is 0 Å². The van der Waals surface area contributed by atoms with E-state index < -0.39 is 0 Å². The van der Waals surface area contributed by atoms with E-state index in [4.69, 9.17) is 11.6 Å². The van der Waals surface area contributed by atoms with Gasteiger partial charge in [-0.3, -0.25) is 9.59 Å². The fourth-order valence-corrected chi connectivity index (χ4v) is 3.72. The van der Waals surface area contributed by atoms with Gasteiger partial charge in [-0.1, -0.05) is 48.0 Å². The number of hydrogen-bond donors (Lipinski definition) is 1. The van der Waals surface area contributed by atoms with Crippen LogP contribution in [0.2, 0.25) is 5.02 Å². The van der Waals surface area contributed by atoms with E-state index in [2.05, 4.69) is 5.32 Å². The van der Waals surface area contributed by atoms with Crippen molar-refractivity contribution >= 4 is 29.0 Å². The van der Waals surface area contributed by atoms with Crippen LogP contribution < -0.4 is 5.32 Å². The van der Waals surface area contributed by atoms with Crippen molar-refractivity contribution in [2.75, 3.05) is 5.32 Å². The summed E-state index contributed by atoms with van der Waals surface area (Å²) in [4.78, 5) is 25.5. The van der Waals surface area contributed by atoms with Gasteiger partial charge in [-0.25, -0.2) is 0 Å². The summed E-state index contributed by atoms with van der Waals surface area (Å²) >= 11 is 6.14. The Labute approximate surface area is 162 Å². The predicted molar refractivity (Wildman–Crippen MR) is 106 cm³/mol. The lowest BCUT2D eigenvalue weighted by Gasteiger charge is -2.11. The average molecular weight is 379 g/mol. The molecular formula is C22H19ClN2O2. The molecule has 1 aromatic heterocycles. The van der Waals surface area contributed by atoms with Crippen molar-refractivity contribution in [3.63, 3.8) is 0 Å². The molecule has 0 spiro atoms. The summed E-state index contributed by atoms with van der Waals surface area (Å²) in [5.74, 6) is -0.374. The van der Waals surface area contributed by atoms with Crippen molar-refractivity contribution in [2.24, 2.45) is 0 Å². The van der Waals surface area contributed by atoms with Gasteiger partial charge < -0.3 is 9.88 Å². The van der Waals surface area contributed by atoms with Crippen LogP contribution in [0, 0.1) is 6.92 Å². The molecule has 4 rings (SSSR count). The smallest absolute Gasteiger partial charge is 0.233 e. The highest BCUT2D eigenvalue weighted by Crippen LogP contribution is 2.32. The summed E-state index contributed by atoms with van der Waals surface area (Å²) < 4.78 is 1.96. The molecule has 0 aliphatic carbocycles. The Balaban J connectivity index is 1.55. The number of rotatable bonds is 4. The molecule has 4 nitrogen and oxygen atoms in total. The number of fused-ring (bicyclic) bond motifs is 1. The molecule has 0 saturated heterocycles. The van der Waals surface area contributed by atoms with Crippen LogP contribution in [0.5, 0.6) is 0 Å². The third kappa shape index (κ3) is 3.28. The Hall–Kier alpha value is -2.85. The van der Waals surface area contributed by atoms with E-state index in [9.17, 15) is 9.59 Å². The Morgan fingerprint density at radius 3 is 2.59 bits per heavy atom. The average Bonchev–Trinajstić information content (AvgIpc) is 3.27. The van der Waals surface area contributed by atoms with Crippen molar-refractivity contribution in [3.8, 4) is 0 Å². The summed E-state index contributed by atoms with van der Waals surface area (Å²) in [5.41, 5.74) is 3.81. The van der Waals surface area contributed by atoms with Gasteiger partial charge in [0.05, 0.1) is 11.6 Å². The first-order valence-corrected chi connectivity index (χ1v) is 9.28. The van der Waals surface area contributed by atoms with E-state index in [0.29, 0.717) is 34.9 Å². The van der Waals surface area contributed by atoms with E-state index in [1.807, 2.05) is 66.1 Å². The number of halogens is 1. The predicted octanol–water partition coefficient (Wildman–Crippen LogP) is 4.81. The van der Waals surface area contributed by atoms with Gasteiger partial charge in [-0.05, 0) is 43.2 Å². The molecule has 0 bridgehead atoms. The standard InChI is InChI=1S/C22H19ClN2O2/c1-14-7-8-16(13-18(14)23)24-22(27)17-11-12-25-19(17)9-10-20(25)21(26)15-5-3-2-4-6-15/h2-10,13,17H,11-12H2,1H3,(H,24,27). The molecule has 136 valence electrons. The summed E-state index contributed by atoms with van der Waals surface area (Å²) in [6.45, 7) is 2.58. The van der Waals surface area contributed by atoms with E-state index in [1.165, 1.54) is 0 Å². The number of hydrogen-bond acceptors (Lipinski definition) is 2. The molecule has 1 aliphatic rings. The van der Waals surface area contributed by atoms with Gasteiger partial charge in [-0.15, -0.1) is 0 Å². The van der Waals surface area contributed by atoms with Crippen LogP contribution in [0.15, 0.2) is 60.7 Å². The summed E-state index contributed by atoms with van der Waals surface area (Å²) in [6.07, 6.45) is 0.677. The van der Waals surface area contributed by atoms with Crippen LogP contribution in [0.3, 0.4) is 0 Å². The molecule has 0 radical (unpaired) electrons. The second kappa shape index (κ2) is 7.05. The van der Waals surface area contributed by atoms with Crippen molar-refractivity contribution < 1.29 is 9.59 Å². The number of ketones is 1. The quantitative estimate of drug-likeness (QED) is 0.662. The highest BCUT2D eigenvalue weighted by atomic mass is 35.5. The number of carbonyl (C=O) groups is 2. The van der Waals surface area contributed by atoms with Gasteiger partial charge in [0.25, 0.3) is 0 Å². The summed E-state index contributed by atoms with van der Waals surface area (Å²) in [5, 5.41) is 3.56. The first-order chi connectivity index (χ1) is 13.0. The maximum Gasteiger partial charge on any atom is 0.233 e. The van der Waals surface area contributed by atoms with Crippen LogP contribution in [-0.4, -0.2) is 16.3 Å². The third-order valence-electron chi connectivity index (χ3n) is 5.04. The van der Waals surface area contributed by atoms with Gasteiger partial charge in [0, 0.05) is 28.5 Å². The lowest BCUT2D eigenvalue weighted by molar-refractivity contribution is -0.117. The molecule has 3 aromatic rings. The number of nitrogens with zero attached hydrogens (tertiary/aromatic N) is 1. The Morgan fingerprint density at radius 1 is 1.07 bits per heavy atom. The number of aryl methyl sites for hydroxylation is 1. The SMILES string of the molecule is Cc1ccc(NC(=O)C2CCn3c(C(=O)c4ccccc4)ccc32)cc1Cl. The molecule has 5 heteroatoms. The zero-order valence-electron chi connectivity index (χ0n) is 14.9. The second-order valence-electron chi connectivity index (χ2n) is 6.78. The van der Waals surface area contributed by atoms with Crippen molar-refractivity contribution in [1.29, 1.82) is 0 Å². The fraction of sp³-hybridized carbons (Fsp3) is 0.182. The minimum absolute atomic E-state index is 0.0202. The highest BCUT2D eigenvalue weighted by Gasteiger charge is 2.32. The van der Waals surface area contributed by atoms with Crippen LogP contribution in [0.1, 0.15) is 39.6 Å². The van der Waals surface area contributed by atoms with E-state index in [-0.39, 0.29) is 17.6 Å². The van der Waals surface area contributed by atoms with Gasteiger partial charge in [0.2, 0.25) is 11.7 Å². The zero-order valence-corrected chi connectivity index (χ0v) is 15.7. The normalized spacial score (nSPS) is 15.4. The molecular weight excluding hydrogens is 360 g/mol. The van der Waals surface area contributed by atoms with Crippen LogP contribution in [0.4, 0.5) is 5.69 Å². The molecule has 2 aromatic carbocycles. The lowest BCUT2D eigenvalue weighted by Crippen LogP contribution is -2.19. The first kappa shape index (κ1) is 17.6. The van der Waals surface area contributed by atoms with Crippen molar-refractivity contribution in [2.45, 2.75) is 25.8 Å². The molecule has 1 aliphatic heterocycles. The minimum atomic E-state index is -0.276. The number of anilines is 1. The lowest BCUT2D eigenvalue weighted by atomic mass is 10.0. The third-order valence-corrected chi connectivity index (χ3v) is 5.44. The van der Waals surface area contributed by atoms with E-state index in [0.717, 1.165) is 11.3 Å². The van der Waals surface area contributed by atoms with E-state index in [1.54, 1.807) is 6.07 Å². The molecule has 1 amide bonds.